The van der Waals surface area contributed by atoms with Crippen LogP contribution in [0.3, 0.4) is 0 Å². The van der Waals surface area contributed by atoms with Crippen LogP contribution in [0.15, 0.2) is 29.2 Å². The number of hydrogen-bond acceptors (Lipinski definition) is 4. The summed E-state index contributed by atoms with van der Waals surface area (Å²) in [6.45, 7) is 0.0623. The van der Waals surface area contributed by atoms with Gasteiger partial charge in [0.1, 0.15) is 6.07 Å². The van der Waals surface area contributed by atoms with E-state index in [1.54, 1.807) is 12.1 Å². The maximum absolute atomic E-state index is 12.4. The molecule has 1 aromatic rings. The van der Waals surface area contributed by atoms with E-state index < -0.39 is 16.1 Å². The van der Waals surface area contributed by atoms with Crippen molar-refractivity contribution in [3.63, 3.8) is 0 Å². The molecule has 0 aliphatic heterocycles. The van der Waals surface area contributed by atoms with Crippen molar-refractivity contribution in [2.45, 2.75) is 23.8 Å². The van der Waals surface area contributed by atoms with Crippen molar-refractivity contribution in [3.05, 3.63) is 29.8 Å². The average Bonchev–Trinajstić information content (AvgIpc) is 3.22. The molecule has 0 aromatic heterocycles. The average molecular weight is 280 g/mol. The van der Waals surface area contributed by atoms with Crippen LogP contribution in [-0.4, -0.2) is 37.5 Å². The van der Waals surface area contributed by atoms with E-state index in [4.69, 9.17) is 5.26 Å². The number of rotatable bonds is 5. The fraction of sp³-hybridized carbons (Fsp3) is 0.462. The smallest absolute Gasteiger partial charge is 0.244 e. The first-order chi connectivity index (χ1) is 8.96. The molecule has 1 saturated carbocycles. The van der Waals surface area contributed by atoms with Gasteiger partial charge in [-0.1, -0.05) is 12.1 Å². The minimum atomic E-state index is -3.73. The Morgan fingerprint density at radius 3 is 2.68 bits per heavy atom. The third-order valence-corrected chi connectivity index (χ3v) is 5.19. The van der Waals surface area contributed by atoms with Gasteiger partial charge in [-0.2, -0.15) is 9.57 Å². The summed E-state index contributed by atoms with van der Waals surface area (Å²) in [5.41, 5.74) is 0.121. The van der Waals surface area contributed by atoms with Crippen molar-refractivity contribution in [2.75, 3.05) is 13.6 Å². The lowest BCUT2D eigenvalue weighted by Crippen LogP contribution is -2.35. The second-order valence-corrected chi connectivity index (χ2v) is 6.81. The number of aliphatic hydroxyl groups excluding tert-OH is 1. The molecule has 1 aromatic carbocycles. The van der Waals surface area contributed by atoms with E-state index in [9.17, 15) is 13.5 Å². The molecular formula is C13H16N2O3S. The maximum atomic E-state index is 12.4. The quantitative estimate of drug-likeness (QED) is 0.870. The van der Waals surface area contributed by atoms with Gasteiger partial charge in [0.25, 0.3) is 0 Å². The summed E-state index contributed by atoms with van der Waals surface area (Å²) in [7, 11) is -2.31. The normalized spacial score (nSPS) is 17.2. The Morgan fingerprint density at radius 2 is 2.11 bits per heavy atom. The molecule has 102 valence electrons. The van der Waals surface area contributed by atoms with Gasteiger partial charge in [-0.25, -0.2) is 8.42 Å². The molecule has 1 atom stereocenters. The minimum absolute atomic E-state index is 0.0111. The Hall–Kier alpha value is -1.42. The first-order valence-electron chi connectivity index (χ1n) is 6.10. The molecule has 0 bridgehead atoms. The predicted molar refractivity (Wildman–Crippen MR) is 69.7 cm³/mol. The van der Waals surface area contributed by atoms with Gasteiger partial charge in [0.05, 0.1) is 16.6 Å². The van der Waals surface area contributed by atoms with Gasteiger partial charge in [-0.3, -0.25) is 0 Å². The van der Waals surface area contributed by atoms with Gasteiger partial charge in [0.2, 0.25) is 10.0 Å². The summed E-state index contributed by atoms with van der Waals surface area (Å²) in [4.78, 5) is -0.0111. The zero-order chi connectivity index (χ0) is 14.0. The predicted octanol–water partition coefficient (Wildman–Crippen LogP) is 0.950. The first kappa shape index (κ1) is 14.0. The molecule has 5 nitrogen and oxygen atoms in total. The third kappa shape index (κ3) is 2.95. The zero-order valence-corrected chi connectivity index (χ0v) is 11.5. The highest BCUT2D eigenvalue weighted by atomic mass is 32.2. The summed E-state index contributed by atoms with van der Waals surface area (Å²) >= 11 is 0. The molecular weight excluding hydrogens is 264 g/mol. The van der Waals surface area contributed by atoms with Gasteiger partial charge in [0.15, 0.2) is 0 Å². The molecule has 1 aliphatic carbocycles. The monoisotopic (exact) mass is 280 g/mol. The Balaban J connectivity index is 2.23. The van der Waals surface area contributed by atoms with E-state index in [1.807, 2.05) is 6.07 Å². The molecule has 0 spiro atoms. The Bertz CT molecular complexity index is 603. The van der Waals surface area contributed by atoms with E-state index in [-0.39, 0.29) is 22.9 Å². The maximum Gasteiger partial charge on any atom is 0.244 e. The van der Waals surface area contributed by atoms with Gasteiger partial charge in [-0.05, 0) is 30.9 Å². The molecule has 0 heterocycles. The van der Waals surface area contributed by atoms with Crippen LogP contribution in [0, 0.1) is 17.2 Å². The first-order valence-corrected chi connectivity index (χ1v) is 7.54. The molecule has 1 N–H and O–H groups in total. The van der Waals surface area contributed by atoms with Gasteiger partial charge in [0, 0.05) is 13.6 Å². The molecule has 0 amide bonds. The lowest BCUT2D eigenvalue weighted by Gasteiger charge is -2.20. The van der Waals surface area contributed by atoms with Crippen LogP contribution in [0.5, 0.6) is 0 Å². The van der Waals surface area contributed by atoms with Crippen LogP contribution in [0.1, 0.15) is 18.4 Å². The number of nitrogens with zero attached hydrogens (tertiary/aromatic N) is 2. The topological polar surface area (TPSA) is 81.4 Å². The number of hydrogen-bond donors (Lipinski definition) is 1. The van der Waals surface area contributed by atoms with Crippen molar-refractivity contribution in [1.29, 1.82) is 5.26 Å². The SMILES string of the molecule is CN(CC(O)C1CC1)S(=O)(=O)c1ccccc1C#N. The summed E-state index contributed by atoms with van der Waals surface area (Å²) in [5, 5.41) is 18.8. The second kappa shape index (κ2) is 5.29. The Morgan fingerprint density at radius 1 is 1.47 bits per heavy atom. The minimum Gasteiger partial charge on any atom is -0.391 e. The van der Waals surface area contributed by atoms with Crippen LogP contribution in [-0.2, 0) is 10.0 Å². The lowest BCUT2D eigenvalue weighted by atomic mass is 10.2. The van der Waals surface area contributed by atoms with E-state index in [1.165, 1.54) is 19.2 Å². The standard InChI is InChI=1S/C13H16N2O3S/c1-15(9-12(16)10-6-7-10)19(17,18)13-5-3-2-4-11(13)8-14/h2-5,10,12,16H,6-7,9H2,1H3. The van der Waals surface area contributed by atoms with Crippen molar-refractivity contribution in [2.24, 2.45) is 5.92 Å². The summed E-state index contributed by atoms with van der Waals surface area (Å²) < 4.78 is 25.8. The fourth-order valence-corrected chi connectivity index (χ4v) is 3.27. The van der Waals surface area contributed by atoms with E-state index in [0.717, 1.165) is 17.1 Å². The molecule has 0 radical (unpaired) electrons. The fourth-order valence-electron chi connectivity index (χ4n) is 1.94. The van der Waals surface area contributed by atoms with E-state index in [0.29, 0.717) is 0 Å². The molecule has 0 saturated heterocycles. The van der Waals surface area contributed by atoms with Crippen LogP contribution in [0.2, 0.25) is 0 Å². The van der Waals surface area contributed by atoms with Crippen LogP contribution in [0.25, 0.3) is 0 Å². The highest BCUT2D eigenvalue weighted by Crippen LogP contribution is 2.33. The van der Waals surface area contributed by atoms with Crippen molar-refractivity contribution in [3.8, 4) is 6.07 Å². The van der Waals surface area contributed by atoms with Crippen LogP contribution < -0.4 is 0 Å². The highest BCUT2D eigenvalue weighted by molar-refractivity contribution is 7.89. The van der Waals surface area contributed by atoms with Crippen molar-refractivity contribution < 1.29 is 13.5 Å². The number of benzene rings is 1. The molecule has 1 fully saturated rings. The molecule has 6 heteroatoms. The van der Waals surface area contributed by atoms with Gasteiger partial charge >= 0.3 is 0 Å². The number of nitriles is 1. The van der Waals surface area contributed by atoms with Crippen LogP contribution in [0.4, 0.5) is 0 Å². The molecule has 19 heavy (non-hydrogen) atoms. The molecule has 1 aliphatic rings. The Kier molecular flexibility index (Phi) is 3.90. The van der Waals surface area contributed by atoms with Crippen LogP contribution >= 0.6 is 0 Å². The summed E-state index contributed by atoms with van der Waals surface area (Å²) in [6.07, 6.45) is 1.27. The van der Waals surface area contributed by atoms with Crippen molar-refractivity contribution >= 4 is 10.0 Å². The van der Waals surface area contributed by atoms with Gasteiger partial charge in [-0.15, -0.1) is 0 Å². The highest BCUT2D eigenvalue weighted by Gasteiger charge is 2.33. The number of aliphatic hydroxyl groups is 1. The third-order valence-electron chi connectivity index (χ3n) is 3.31. The summed E-state index contributed by atoms with van der Waals surface area (Å²) in [5.74, 6) is 0.212. The largest absolute Gasteiger partial charge is 0.391 e. The van der Waals surface area contributed by atoms with Crippen molar-refractivity contribution in [1.82, 2.24) is 4.31 Å². The molecule has 1 unspecified atom stereocenters. The Labute approximate surface area is 113 Å². The van der Waals surface area contributed by atoms with E-state index in [2.05, 4.69) is 0 Å². The summed E-state index contributed by atoms with van der Waals surface area (Å²) in [6, 6.07) is 7.96. The zero-order valence-electron chi connectivity index (χ0n) is 10.7. The second-order valence-electron chi connectivity index (χ2n) is 4.80. The lowest BCUT2D eigenvalue weighted by molar-refractivity contribution is 0.131. The molecule has 2 rings (SSSR count). The number of sulfonamides is 1. The van der Waals surface area contributed by atoms with Gasteiger partial charge < -0.3 is 5.11 Å². The van der Waals surface area contributed by atoms with E-state index >= 15 is 0 Å². The number of likely N-dealkylation sites (N-methyl/N-ethyl adjacent to an activating group) is 1.